The molecule has 0 saturated heterocycles. The van der Waals surface area contributed by atoms with Crippen molar-refractivity contribution in [2.45, 2.75) is 19.6 Å². The number of H-pyrrole nitrogens is 1. The number of aromatic nitrogens is 2. The van der Waals surface area contributed by atoms with Crippen molar-refractivity contribution >= 4 is 22.7 Å². The lowest BCUT2D eigenvalue weighted by Crippen LogP contribution is -2.14. The third-order valence-corrected chi connectivity index (χ3v) is 3.10. The van der Waals surface area contributed by atoms with Crippen LogP contribution >= 0.6 is 0 Å². The minimum absolute atomic E-state index is 0.0546. The van der Waals surface area contributed by atoms with Crippen LogP contribution in [0.25, 0.3) is 10.8 Å². The summed E-state index contributed by atoms with van der Waals surface area (Å²) in [6, 6.07) is 5.57. The molecule has 0 fully saturated rings. The van der Waals surface area contributed by atoms with E-state index >= 15 is 0 Å². The molecule has 6 heteroatoms. The number of nitrogens with one attached hydrogen (secondary N) is 1. The lowest BCUT2D eigenvalue weighted by atomic mass is 10.0. The van der Waals surface area contributed by atoms with Gasteiger partial charge >= 0.3 is 0 Å². The lowest BCUT2D eigenvalue weighted by molar-refractivity contribution is 0.816. The molecule has 0 spiro atoms. The summed E-state index contributed by atoms with van der Waals surface area (Å²) in [6.45, 7) is 2.19. The number of benzene rings is 1. The zero-order chi connectivity index (χ0) is 13.4. The largest absolute Gasteiger partial charge is 0.325 e. The second-order valence-electron chi connectivity index (χ2n) is 4.39. The van der Waals surface area contributed by atoms with E-state index in [1.165, 1.54) is 0 Å². The van der Waals surface area contributed by atoms with E-state index in [2.05, 4.69) is 20.2 Å². The molecule has 2 aromatic rings. The van der Waals surface area contributed by atoms with E-state index < -0.39 is 0 Å². The molecular weight excluding hydrogens is 242 g/mol. The van der Waals surface area contributed by atoms with Gasteiger partial charge in [-0.25, -0.2) is 5.10 Å². The van der Waals surface area contributed by atoms with E-state index in [4.69, 9.17) is 5.73 Å². The molecule has 0 radical (unpaired) electrons. The van der Waals surface area contributed by atoms with Crippen LogP contribution in [-0.4, -0.2) is 28.3 Å². The number of fused-ring (bicyclic) bond motifs is 1. The van der Waals surface area contributed by atoms with E-state index in [-0.39, 0.29) is 18.3 Å². The Balaban J connectivity index is 2.22. The summed E-state index contributed by atoms with van der Waals surface area (Å²) in [5.74, 6) is 0. The molecule has 1 atom stereocenters. The van der Waals surface area contributed by atoms with Gasteiger partial charge in [0.1, 0.15) is 6.17 Å². The molecule has 0 bridgehead atoms. The zero-order valence-corrected chi connectivity index (χ0v) is 10.4. The first kappa shape index (κ1) is 11.7. The Bertz CT molecular complexity index is 759. The third kappa shape index (κ3) is 1.96. The summed E-state index contributed by atoms with van der Waals surface area (Å²) >= 11 is 0. The summed E-state index contributed by atoms with van der Waals surface area (Å²) in [5, 5.41) is 7.76. The number of aliphatic imine (C=N–C) groups is 2. The Morgan fingerprint density at radius 2 is 2.21 bits per heavy atom. The maximum atomic E-state index is 11.8. The van der Waals surface area contributed by atoms with Gasteiger partial charge in [-0.3, -0.25) is 14.8 Å². The topological polar surface area (TPSA) is 96.5 Å². The fraction of sp³-hybridized carbons (Fsp3) is 0.231. The molecule has 1 aromatic carbocycles. The summed E-state index contributed by atoms with van der Waals surface area (Å²) < 4.78 is 0. The number of rotatable bonds is 2. The maximum Gasteiger partial charge on any atom is 0.272 e. The molecule has 2 heterocycles. The molecule has 3 rings (SSSR count). The van der Waals surface area contributed by atoms with Crippen LogP contribution < -0.4 is 11.3 Å². The van der Waals surface area contributed by atoms with Gasteiger partial charge in [0.2, 0.25) is 0 Å². The minimum atomic E-state index is -0.224. The molecule has 1 aromatic heterocycles. The van der Waals surface area contributed by atoms with E-state index in [1.807, 2.05) is 19.1 Å². The van der Waals surface area contributed by atoms with Gasteiger partial charge in [0.05, 0.1) is 16.8 Å². The van der Waals surface area contributed by atoms with Crippen molar-refractivity contribution in [3.05, 3.63) is 39.8 Å². The van der Waals surface area contributed by atoms with E-state index in [0.29, 0.717) is 11.1 Å². The van der Waals surface area contributed by atoms with Gasteiger partial charge in [0.25, 0.3) is 5.56 Å². The molecule has 1 aliphatic rings. The van der Waals surface area contributed by atoms with E-state index in [1.54, 1.807) is 12.3 Å². The van der Waals surface area contributed by atoms with Gasteiger partial charge in [-0.15, -0.1) is 0 Å². The SMILES string of the molecule is CC1N=CC(c2ccc3c(CN)n[nH]c(=O)c3c2)=N1. The van der Waals surface area contributed by atoms with Crippen molar-refractivity contribution in [2.75, 3.05) is 0 Å². The first-order valence-corrected chi connectivity index (χ1v) is 6.02. The van der Waals surface area contributed by atoms with Crippen molar-refractivity contribution in [2.24, 2.45) is 15.7 Å². The van der Waals surface area contributed by atoms with Gasteiger partial charge in [-0.2, -0.15) is 5.10 Å². The molecule has 0 saturated carbocycles. The molecule has 6 nitrogen and oxygen atoms in total. The fourth-order valence-corrected chi connectivity index (χ4v) is 2.13. The highest BCUT2D eigenvalue weighted by atomic mass is 16.1. The summed E-state index contributed by atoms with van der Waals surface area (Å²) in [4.78, 5) is 20.4. The first-order chi connectivity index (χ1) is 9.19. The summed E-state index contributed by atoms with van der Waals surface area (Å²) in [6.07, 6.45) is 1.67. The predicted octanol–water partition coefficient (Wildman–Crippen LogP) is 0.601. The molecule has 1 aliphatic heterocycles. The van der Waals surface area contributed by atoms with Crippen molar-refractivity contribution < 1.29 is 0 Å². The predicted molar refractivity (Wildman–Crippen MR) is 74.7 cm³/mol. The number of hydrogen-bond acceptors (Lipinski definition) is 5. The first-order valence-electron chi connectivity index (χ1n) is 6.02. The second-order valence-corrected chi connectivity index (χ2v) is 4.39. The van der Waals surface area contributed by atoms with Crippen LogP contribution in [0.4, 0.5) is 0 Å². The number of hydrogen-bond donors (Lipinski definition) is 2. The average Bonchev–Trinajstić information content (AvgIpc) is 2.86. The lowest BCUT2D eigenvalue weighted by Gasteiger charge is -2.04. The molecule has 0 aliphatic carbocycles. The van der Waals surface area contributed by atoms with Gasteiger partial charge in [0.15, 0.2) is 0 Å². The maximum absolute atomic E-state index is 11.8. The number of aromatic amines is 1. The highest BCUT2D eigenvalue weighted by Crippen LogP contribution is 2.16. The molecule has 3 N–H and O–H groups in total. The van der Waals surface area contributed by atoms with Gasteiger partial charge in [-0.05, 0) is 13.0 Å². The number of nitrogens with two attached hydrogens (primary N) is 1. The second kappa shape index (κ2) is 4.40. The molecule has 96 valence electrons. The number of nitrogens with zero attached hydrogens (tertiary/aromatic N) is 3. The standard InChI is InChI=1S/C13H13N5O/c1-7-15-6-12(16-7)8-2-3-9-10(4-8)13(19)18-17-11(9)5-14/h2-4,6-7H,5,14H2,1H3,(H,18,19). The zero-order valence-electron chi connectivity index (χ0n) is 10.4. The quantitative estimate of drug-likeness (QED) is 0.822. The summed E-state index contributed by atoms with van der Waals surface area (Å²) in [5.41, 5.74) is 7.73. The van der Waals surface area contributed by atoms with Crippen LogP contribution in [0, 0.1) is 0 Å². The average molecular weight is 255 g/mol. The fourth-order valence-electron chi connectivity index (χ4n) is 2.13. The Hall–Kier alpha value is -2.34. The van der Waals surface area contributed by atoms with Crippen LogP contribution in [-0.2, 0) is 6.54 Å². The van der Waals surface area contributed by atoms with E-state index in [9.17, 15) is 4.79 Å². The van der Waals surface area contributed by atoms with Gasteiger partial charge < -0.3 is 5.73 Å². The van der Waals surface area contributed by atoms with Crippen molar-refractivity contribution in [3.63, 3.8) is 0 Å². The Morgan fingerprint density at radius 1 is 1.37 bits per heavy atom. The molecular formula is C13H13N5O. The third-order valence-electron chi connectivity index (χ3n) is 3.10. The molecule has 0 amide bonds. The van der Waals surface area contributed by atoms with E-state index in [0.717, 1.165) is 16.7 Å². The van der Waals surface area contributed by atoms with Crippen molar-refractivity contribution in [1.29, 1.82) is 0 Å². The normalized spacial score (nSPS) is 18.0. The monoisotopic (exact) mass is 255 g/mol. The smallest absolute Gasteiger partial charge is 0.272 e. The van der Waals surface area contributed by atoms with Crippen LogP contribution in [0.2, 0.25) is 0 Å². The minimum Gasteiger partial charge on any atom is -0.325 e. The van der Waals surface area contributed by atoms with Gasteiger partial charge in [-0.1, -0.05) is 12.1 Å². The highest BCUT2D eigenvalue weighted by Gasteiger charge is 2.12. The van der Waals surface area contributed by atoms with Crippen LogP contribution in [0.15, 0.2) is 33.0 Å². The van der Waals surface area contributed by atoms with Crippen molar-refractivity contribution in [3.8, 4) is 0 Å². The Kier molecular flexibility index (Phi) is 2.72. The van der Waals surface area contributed by atoms with Crippen LogP contribution in [0.5, 0.6) is 0 Å². The van der Waals surface area contributed by atoms with Crippen LogP contribution in [0.3, 0.4) is 0 Å². The molecule has 19 heavy (non-hydrogen) atoms. The van der Waals surface area contributed by atoms with Gasteiger partial charge in [0, 0.05) is 23.7 Å². The highest BCUT2D eigenvalue weighted by molar-refractivity contribution is 6.39. The van der Waals surface area contributed by atoms with Crippen LogP contribution in [0.1, 0.15) is 18.2 Å². The Morgan fingerprint density at radius 3 is 2.89 bits per heavy atom. The summed E-state index contributed by atoms with van der Waals surface area (Å²) in [7, 11) is 0. The Labute approximate surface area is 109 Å². The molecule has 1 unspecified atom stereocenters. The van der Waals surface area contributed by atoms with Crippen molar-refractivity contribution in [1.82, 2.24) is 10.2 Å².